The van der Waals surface area contributed by atoms with Crippen molar-refractivity contribution in [1.29, 1.82) is 0 Å². The van der Waals surface area contributed by atoms with Gasteiger partial charge < -0.3 is 9.47 Å². The summed E-state index contributed by atoms with van der Waals surface area (Å²) >= 11 is 0. The second kappa shape index (κ2) is 8.35. The topological polar surface area (TPSA) is 35.5 Å². The Morgan fingerprint density at radius 3 is 2.18 bits per heavy atom. The molecule has 116 valence electrons. The molecule has 0 amide bonds. The van der Waals surface area contributed by atoms with E-state index in [0.717, 1.165) is 11.3 Å². The summed E-state index contributed by atoms with van der Waals surface area (Å²) < 4.78 is 10.9. The first-order valence-electron chi connectivity index (χ1n) is 7.55. The van der Waals surface area contributed by atoms with Crippen LogP contribution < -0.4 is 4.74 Å². The van der Waals surface area contributed by atoms with Crippen LogP contribution in [-0.2, 0) is 9.53 Å². The van der Waals surface area contributed by atoms with Crippen molar-refractivity contribution in [2.45, 2.75) is 13.8 Å². The number of benzene rings is 2. The molecule has 0 saturated carbocycles. The number of ether oxygens (including phenoxy) is 2. The third-order valence-corrected chi connectivity index (χ3v) is 3.35. The Balaban J connectivity index is 1.74. The maximum absolute atomic E-state index is 11.4. The van der Waals surface area contributed by atoms with Gasteiger partial charge in [-0.1, -0.05) is 56.3 Å². The van der Waals surface area contributed by atoms with Crippen LogP contribution in [0, 0.1) is 5.92 Å². The number of Topliss-reactive ketones (excluding diaryl/α,β-unsaturated/α-hetero) is 1. The third kappa shape index (κ3) is 5.01. The summed E-state index contributed by atoms with van der Waals surface area (Å²) in [7, 11) is 0. The van der Waals surface area contributed by atoms with E-state index in [9.17, 15) is 4.79 Å². The molecule has 0 unspecified atom stereocenters. The highest BCUT2D eigenvalue weighted by Gasteiger charge is 2.06. The Morgan fingerprint density at radius 2 is 1.55 bits per heavy atom. The zero-order chi connectivity index (χ0) is 15.8. The maximum atomic E-state index is 11.4. The fourth-order valence-electron chi connectivity index (χ4n) is 1.93. The summed E-state index contributed by atoms with van der Waals surface area (Å²) in [6, 6.07) is 18.2. The second-order valence-corrected chi connectivity index (χ2v) is 5.41. The molecule has 0 spiro atoms. The minimum absolute atomic E-state index is 0.0199. The van der Waals surface area contributed by atoms with Gasteiger partial charge in [0.2, 0.25) is 0 Å². The molecule has 2 aromatic rings. The summed E-state index contributed by atoms with van der Waals surface area (Å²) in [6.45, 7) is 4.76. The van der Waals surface area contributed by atoms with E-state index in [4.69, 9.17) is 9.47 Å². The lowest BCUT2D eigenvalue weighted by Gasteiger charge is -2.09. The molecule has 0 aliphatic heterocycles. The van der Waals surface area contributed by atoms with Crippen molar-refractivity contribution in [2.24, 2.45) is 5.92 Å². The minimum Gasteiger partial charge on any atom is -0.491 e. The van der Waals surface area contributed by atoms with Crippen molar-refractivity contribution in [3.8, 4) is 16.9 Å². The molecule has 3 nitrogen and oxygen atoms in total. The van der Waals surface area contributed by atoms with Gasteiger partial charge in [0.05, 0.1) is 6.61 Å². The van der Waals surface area contributed by atoms with E-state index in [1.807, 2.05) is 56.3 Å². The lowest BCUT2D eigenvalue weighted by Crippen LogP contribution is -2.17. The van der Waals surface area contributed by atoms with E-state index < -0.39 is 0 Å². The number of carbonyl (C=O) groups is 1. The average Bonchev–Trinajstić information content (AvgIpc) is 2.55. The van der Waals surface area contributed by atoms with E-state index in [0.29, 0.717) is 13.2 Å². The van der Waals surface area contributed by atoms with Gasteiger partial charge in [-0.2, -0.15) is 0 Å². The van der Waals surface area contributed by atoms with Gasteiger partial charge in [0.25, 0.3) is 0 Å². The molecule has 0 bridgehead atoms. The molecule has 0 N–H and O–H groups in total. The fourth-order valence-corrected chi connectivity index (χ4v) is 1.93. The Labute approximate surface area is 131 Å². The van der Waals surface area contributed by atoms with Crippen LogP contribution in [0.3, 0.4) is 0 Å². The van der Waals surface area contributed by atoms with Crippen molar-refractivity contribution < 1.29 is 14.3 Å². The number of carbonyl (C=O) groups excluding carboxylic acids is 1. The van der Waals surface area contributed by atoms with Crippen LogP contribution >= 0.6 is 0 Å². The van der Waals surface area contributed by atoms with Crippen molar-refractivity contribution >= 4 is 5.78 Å². The van der Waals surface area contributed by atoms with Crippen molar-refractivity contribution in [2.75, 3.05) is 19.8 Å². The summed E-state index contributed by atoms with van der Waals surface area (Å²) in [4.78, 5) is 11.4. The number of ketones is 1. The van der Waals surface area contributed by atoms with Gasteiger partial charge in [0.1, 0.15) is 19.0 Å². The summed E-state index contributed by atoms with van der Waals surface area (Å²) in [5, 5.41) is 0. The molecule has 0 radical (unpaired) electrons. The van der Waals surface area contributed by atoms with E-state index in [2.05, 4.69) is 12.1 Å². The van der Waals surface area contributed by atoms with Gasteiger partial charge in [-0.25, -0.2) is 0 Å². The van der Waals surface area contributed by atoms with E-state index in [1.54, 1.807) is 0 Å². The smallest absolute Gasteiger partial charge is 0.160 e. The normalized spacial score (nSPS) is 10.7. The molecule has 2 rings (SSSR count). The molecule has 0 aliphatic carbocycles. The molecule has 0 aromatic heterocycles. The Bertz CT molecular complexity index is 573. The molecule has 22 heavy (non-hydrogen) atoms. The zero-order valence-electron chi connectivity index (χ0n) is 13.1. The number of hydrogen-bond donors (Lipinski definition) is 0. The first kappa shape index (κ1) is 16.2. The van der Waals surface area contributed by atoms with E-state index in [-0.39, 0.29) is 18.3 Å². The molecular weight excluding hydrogens is 276 g/mol. The van der Waals surface area contributed by atoms with Crippen LogP contribution in [0.15, 0.2) is 54.6 Å². The Hall–Kier alpha value is -2.13. The van der Waals surface area contributed by atoms with Gasteiger partial charge in [0, 0.05) is 5.92 Å². The maximum Gasteiger partial charge on any atom is 0.160 e. The monoisotopic (exact) mass is 298 g/mol. The lowest BCUT2D eigenvalue weighted by molar-refractivity contribution is -0.126. The van der Waals surface area contributed by atoms with E-state index >= 15 is 0 Å². The molecule has 0 atom stereocenters. The molecular formula is C19H22O3. The van der Waals surface area contributed by atoms with E-state index in [1.165, 1.54) is 5.56 Å². The lowest BCUT2D eigenvalue weighted by atomic mass is 10.1. The largest absolute Gasteiger partial charge is 0.491 e. The fraction of sp³-hybridized carbons (Fsp3) is 0.316. The number of hydrogen-bond acceptors (Lipinski definition) is 3. The van der Waals surface area contributed by atoms with Gasteiger partial charge in [-0.3, -0.25) is 4.79 Å². The van der Waals surface area contributed by atoms with Crippen LogP contribution in [0.5, 0.6) is 5.75 Å². The summed E-state index contributed by atoms with van der Waals surface area (Å²) in [6.07, 6.45) is 0. The Kier molecular flexibility index (Phi) is 6.16. The first-order chi connectivity index (χ1) is 10.7. The summed E-state index contributed by atoms with van der Waals surface area (Å²) in [5.74, 6) is 0.942. The highest BCUT2D eigenvalue weighted by atomic mass is 16.5. The minimum atomic E-state index is 0.0199. The molecule has 3 heteroatoms. The highest BCUT2D eigenvalue weighted by molar-refractivity contribution is 5.81. The van der Waals surface area contributed by atoms with Crippen LogP contribution in [0.25, 0.3) is 11.1 Å². The predicted molar refractivity (Wildman–Crippen MR) is 88.0 cm³/mol. The molecule has 0 saturated heterocycles. The molecule has 2 aromatic carbocycles. The van der Waals surface area contributed by atoms with Crippen molar-refractivity contribution in [3.05, 3.63) is 54.6 Å². The van der Waals surface area contributed by atoms with Crippen molar-refractivity contribution in [1.82, 2.24) is 0 Å². The number of rotatable bonds is 8. The third-order valence-electron chi connectivity index (χ3n) is 3.35. The van der Waals surface area contributed by atoms with Crippen LogP contribution in [-0.4, -0.2) is 25.6 Å². The van der Waals surface area contributed by atoms with Crippen LogP contribution in [0.2, 0.25) is 0 Å². The standard InChI is InChI=1S/C19H22O3/c1-15(2)19(20)14-21-12-13-22-18-10-8-17(9-11-18)16-6-4-3-5-7-16/h3-11,15H,12-14H2,1-2H3. The van der Waals surface area contributed by atoms with Crippen LogP contribution in [0.4, 0.5) is 0 Å². The predicted octanol–water partition coefficient (Wildman–Crippen LogP) is 3.97. The van der Waals surface area contributed by atoms with Gasteiger partial charge in [0.15, 0.2) is 5.78 Å². The average molecular weight is 298 g/mol. The first-order valence-corrected chi connectivity index (χ1v) is 7.55. The van der Waals surface area contributed by atoms with Gasteiger partial charge >= 0.3 is 0 Å². The Morgan fingerprint density at radius 1 is 0.909 bits per heavy atom. The highest BCUT2D eigenvalue weighted by Crippen LogP contribution is 2.21. The second-order valence-electron chi connectivity index (χ2n) is 5.41. The molecule has 0 fully saturated rings. The summed E-state index contributed by atoms with van der Waals surface area (Å²) in [5.41, 5.74) is 2.34. The SMILES string of the molecule is CC(C)C(=O)COCCOc1ccc(-c2ccccc2)cc1. The quantitative estimate of drug-likeness (QED) is 0.692. The van der Waals surface area contributed by atoms with Gasteiger partial charge in [-0.05, 0) is 23.3 Å². The van der Waals surface area contributed by atoms with Gasteiger partial charge in [-0.15, -0.1) is 0 Å². The zero-order valence-corrected chi connectivity index (χ0v) is 13.1. The molecule has 0 heterocycles. The van der Waals surface area contributed by atoms with Crippen molar-refractivity contribution in [3.63, 3.8) is 0 Å². The van der Waals surface area contributed by atoms with Crippen LogP contribution in [0.1, 0.15) is 13.8 Å². The molecule has 0 aliphatic rings.